The van der Waals surface area contributed by atoms with Crippen LogP contribution in [0.1, 0.15) is 32.6 Å². The zero-order valence-corrected chi connectivity index (χ0v) is 12.0. The van der Waals surface area contributed by atoms with E-state index in [1.165, 1.54) is 6.20 Å². The number of oxime groups is 1. The van der Waals surface area contributed by atoms with Crippen molar-refractivity contribution in [2.75, 3.05) is 11.9 Å². The maximum Gasteiger partial charge on any atom is 0.238 e. The molecule has 0 atom stereocenters. The maximum absolute atomic E-state index is 12.5. The van der Waals surface area contributed by atoms with Gasteiger partial charge >= 0.3 is 0 Å². The van der Waals surface area contributed by atoms with Crippen molar-refractivity contribution in [3.63, 3.8) is 0 Å². The molecule has 0 spiro atoms. The lowest BCUT2D eigenvalue weighted by molar-refractivity contribution is -0.122. The average molecular weight is 292 g/mol. The van der Waals surface area contributed by atoms with Gasteiger partial charge in [0.05, 0.1) is 18.5 Å². The van der Waals surface area contributed by atoms with Crippen molar-refractivity contribution in [2.45, 2.75) is 32.6 Å². The molecule has 1 fully saturated rings. The molecule has 7 nitrogen and oxygen atoms in total. The Labute approximate surface area is 123 Å². The molecule has 1 aromatic heterocycles. The van der Waals surface area contributed by atoms with Gasteiger partial charge in [0.15, 0.2) is 5.84 Å². The van der Waals surface area contributed by atoms with Crippen molar-refractivity contribution < 1.29 is 14.7 Å². The van der Waals surface area contributed by atoms with Gasteiger partial charge in [0, 0.05) is 6.07 Å². The number of ether oxygens (including phenoxy) is 1. The third-order valence-electron chi connectivity index (χ3n) is 3.78. The Bertz CT molecular complexity index is 522. The highest BCUT2D eigenvalue weighted by atomic mass is 16.5. The molecule has 1 aliphatic rings. The van der Waals surface area contributed by atoms with Crippen LogP contribution in [0.3, 0.4) is 0 Å². The minimum Gasteiger partial charge on any atom is -0.478 e. The Hall–Kier alpha value is -2.31. The molecule has 1 aromatic rings. The summed E-state index contributed by atoms with van der Waals surface area (Å²) in [5.74, 6) is 0.208. The van der Waals surface area contributed by atoms with Crippen LogP contribution in [-0.4, -0.2) is 28.5 Å². The predicted molar refractivity (Wildman–Crippen MR) is 78.3 cm³/mol. The van der Waals surface area contributed by atoms with Crippen molar-refractivity contribution in [1.82, 2.24) is 4.98 Å². The van der Waals surface area contributed by atoms with Crippen LogP contribution in [0.4, 0.5) is 5.69 Å². The summed E-state index contributed by atoms with van der Waals surface area (Å²) in [6.45, 7) is 2.41. The van der Waals surface area contributed by atoms with E-state index in [-0.39, 0.29) is 11.7 Å². The summed E-state index contributed by atoms with van der Waals surface area (Å²) in [5.41, 5.74) is 5.37. The van der Waals surface area contributed by atoms with Crippen molar-refractivity contribution >= 4 is 17.4 Å². The van der Waals surface area contributed by atoms with Gasteiger partial charge in [-0.15, -0.1) is 0 Å². The van der Waals surface area contributed by atoms with Gasteiger partial charge in [-0.1, -0.05) is 18.0 Å². The first-order chi connectivity index (χ1) is 10.1. The van der Waals surface area contributed by atoms with Crippen molar-refractivity contribution in [2.24, 2.45) is 16.3 Å². The molecule has 2 rings (SSSR count). The lowest BCUT2D eigenvalue weighted by Gasteiger charge is -2.25. The first-order valence-electron chi connectivity index (χ1n) is 7.00. The van der Waals surface area contributed by atoms with Crippen LogP contribution in [0.5, 0.6) is 5.88 Å². The van der Waals surface area contributed by atoms with Gasteiger partial charge in [-0.3, -0.25) is 4.79 Å². The summed E-state index contributed by atoms with van der Waals surface area (Å²) >= 11 is 0. The number of amides is 1. The van der Waals surface area contributed by atoms with Gasteiger partial charge in [-0.2, -0.15) is 0 Å². The number of nitrogens with one attached hydrogen (secondary N) is 1. The third kappa shape index (κ3) is 3.07. The van der Waals surface area contributed by atoms with Crippen molar-refractivity contribution in [1.29, 1.82) is 0 Å². The van der Waals surface area contributed by atoms with Crippen LogP contribution in [-0.2, 0) is 4.79 Å². The van der Waals surface area contributed by atoms with Crippen LogP contribution in [0, 0.1) is 5.41 Å². The Kier molecular flexibility index (Phi) is 4.62. The molecule has 4 N–H and O–H groups in total. The number of carbonyl (C=O) groups excluding carboxylic acids is 1. The largest absolute Gasteiger partial charge is 0.478 e. The number of nitrogens with zero attached hydrogens (tertiary/aromatic N) is 2. The molecule has 0 aliphatic heterocycles. The van der Waals surface area contributed by atoms with E-state index < -0.39 is 5.41 Å². The summed E-state index contributed by atoms with van der Waals surface area (Å²) in [6.07, 6.45) is 4.45. The number of aromatic nitrogens is 1. The number of hydrogen-bond acceptors (Lipinski definition) is 5. The van der Waals surface area contributed by atoms with Crippen molar-refractivity contribution in [3.05, 3.63) is 18.3 Å². The lowest BCUT2D eigenvalue weighted by atomic mass is 9.83. The second kappa shape index (κ2) is 6.43. The van der Waals surface area contributed by atoms with Crippen LogP contribution in [0.25, 0.3) is 0 Å². The number of nitrogens with two attached hydrogens (primary N) is 1. The second-order valence-corrected chi connectivity index (χ2v) is 5.05. The van der Waals surface area contributed by atoms with E-state index in [2.05, 4.69) is 15.5 Å². The Morgan fingerprint density at radius 2 is 2.24 bits per heavy atom. The first kappa shape index (κ1) is 15.1. The van der Waals surface area contributed by atoms with Crippen LogP contribution >= 0.6 is 0 Å². The summed E-state index contributed by atoms with van der Waals surface area (Å²) < 4.78 is 5.25. The lowest BCUT2D eigenvalue weighted by Crippen LogP contribution is -2.45. The highest BCUT2D eigenvalue weighted by molar-refractivity contribution is 6.12. The smallest absolute Gasteiger partial charge is 0.238 e. The monoisotopic (exact) mass is 292 g/mol. The fourth-order valence-electron chi connectivity index (χ4n) is 2.61. The number of amidine groups is 1. The molecule has 0 radical (unpaired) electrons. The van der Waals surface area contributed by atoms with E-state index in [1.54, 1.807) is 12.1 Å². The normalized spacial score (nSPS) is 17.5. The standard InChI is InChI=1S/C14H20N4O3/c1-2-21-11-6-5-10(9-16-11)17-13(19)14(12(15)18-20)7-3-4-8-14/h5-6,9,20H,2-4,7-8H2,1H3,(H2,15,18)(H,17,19). The molecule has 1 saturated carbocycles. The molecular formula is C14H20N4O3. The number of anilines is 1. The van der Waals surface area contributed by atoms with Crippen LogP contribution in [0.2, 0.25) is 0 Å². The summed E-state index contributed by atoms with van der Waals surface area (Å²) in [4.78, 5) is 16.6. The van der Waals surface area contributed by atoms with E-state index in [9.17, 15) is 4.79 Å². The van der Waals surface area contributed by atoms with Gasteiger partial charge in [0.2, 0.25) is 11.8 Å². The molecule has 0 saturated heterocycles. The van der Waals surface area contributed by atoms with Gasteiger partial charge < -0.3 is 21.0 Å². The number of rotatable bonds is 5. The molecule has 1 amide bonds. The van der Waals surface area contributed by atoms with Gasteiger partial charge in [0.25, 0.3) is 0 Å². The van der Waals surface area contributed by atoms with E-state index in [1.807, 2.05) is 6.92 Å². The minimum atomic E-state index is -0.923. The quantitative estimate of drug-likeness (QED) is 0.331. The average Bonchev–Trinajstić information content (AvgIpc) is 2.99. The van der Waals surface area contributed by atoms with E-state index >= 15 is 0 Å². The molecule has 7 heteroatoms. The molecular weight excluding hydrogens is 272 g/mol. The zero-order valence-electron chi connectivity index (χ0n) is 12.0. The van der Waals surface area contributed by atoms with Gasteiger partial charge in [-0.05, 0) is 25.8 Å². The fourth-order valence-corrected chi connectivity index (χ4v) is 2.61. The van der Waals surface area contributed by atoms with Crippen LogP contribution in [0.15, 0.2) is 23.5 Å². The summed E-state index contributed by atoms with van der Waals surface area (Å²) in [7, 11) is 0. The van der Waals surface area contributed by atoms with E-state index in [0.29, 0.717) is 31.0 Å². The Morgan fingerprint density at radius 1 is 1.52 bits per heavy atom. The predicted octanol–water partition coefficient (Wildman–Crippen LogP) is 1.73. The van der Waals surface area contributed by atoms with E-state index in [4.69, 9.17) is 15.7 Å². The zero-order chi connectivity index (χ0) is 15.3. The molecule has 0 aromatic carbocycles. The van der Waals surface area contributed by atoms with Gasteiger partial charge in [-0.25, -0.2) is 4.98 Å². The summed E-state index contributed by atoms with van der Waals surface area (Å²) in [6, 6.07) is 3.40. The Balaban J connectivity index is 2.12. The first-order valence-corrected chi connectivity index (χ1v) is 7.00. The summed E-state index contributed by atoms with van der Waals surface area (Å²) in [5, 5.41) is 14.7. The second-order valence-electron chi connectivity index (χ2n) is 5.05. The molecule has 0 unspecified atom stereocenters. The molecule has 1 aliphatic carbocycles. The number of carbonyl (C=O) groups is 1. The number of pyridine rings is 1. The van der Waals surface area contributed by atoms with Gasteiger partial charge in [0.1, 0.15) is 5.41 Å². The SMILES string of the molecule is CCOc1ccc(NC(=O)C2(/C(N)=N/O)CCCC2)cn1. The van der Waals surface area contributed by atoms with Crippen molar-refractivity contribution in [3.8, 4) is 5.88 Å². The molecule has 0 bridgehead atoms. The molecule has 21 heavy (non-hydrogen) atoms. The maximum atomic E-state index is 12.5. The fraction of sp³-hybridized carbons (Fsp3) is 0.500. The van der Waals surface area contributed by atoms with Crippen LogP contribution < -0.4 is 15.8 Å². The molecule has 1 heterocycles. The Morgan fingerprint density at radius 3 is 2.76 bits per heavy atom. The third-order valence-corrected chi connectivity index (χ3v) is 3.78. The molecule has 114 valence electrons. The highest BCUT2D eigenvalue weighted by Gasteiger charge is 2.45. The highest BCUT2D eigenvalue weighted by Crippen LogP contribution is 2.39. The minimum absolute atomic E-state index is 0.0311. The van der Waals surface area contributed by atoms with E-state index in [0.717, 1.165) is 12.8 Å². The number of hydrogen-bond donors (Lipinski definition) is 3. The topological polar surface area (TPSA) is 110 Å².